The van der Waals surface area contributed by atoms with Gasteiger partial charge in [-0.25, -0.2) is 4.79 Å². The van der Waals surface area contributed by atoms with Gasteiger partial charge in [0, 0.05) is 5.56 Å². The summed E-state index contributed by atoms with van der Waals surface area (Å²) < 4.78 is 4.76. The van der Waals surface area contributed by atoms with Crippen molar-refractivity contribution in [2.45, 2.75) is 5.56 Å². The van der Waals surface area contributed by atoms with Gasteiger partial charge in [0.15, 0.2) is 0 Å². The molecule has 0 fully saturated rings. The van der Waals surface area contributed by atoms with E-state index in [1.807, 2.05) is 6.07 Å². The van der Waals surface area contributed by atoms with E-state index in [9.17, 15) is 4.79 Å². The fourth-order valence-corrected chi connectivity index (χ4v) is 1.37. The number of hydrogen-bond donors (Lipinski definition) is 0. The zero-order valence-corrected chi connectivity index (χ0v) is 6.34. The monoisotopic (exact) mass is 168 g/mol. The van der Waals surface area contributed by atoms with Crippen LogP contribution in [-0.4, -0.2) is 5.97 Å². The molecule has 1 aromatic rings. The maximum absolute atomic E-state index is 11.0. The van der Waals surface area contributed by atoms with Gasteiger partial charge in [-0.3, -0.25) is 0 Å². The summed E-state index contributed by atoms with van der Waals surface area (Å²) in [5.41, 5.74) is 0.741. The summed E-state index contributed by atoms with van der Waals surface area (Å²) in [6, 6.07) is 7.11. The van der Waals surface area contributed by atoms with Gasteiger partial charge in [-0.15, -0.1) is 0 Å². The number of fused-ring (bicyclic) bond motifs is 1. The van der Waals surface area contributed by atoms with Crippen LogP contribution in [0.4, 0.5) is 0 Å². The van der Waals surface area contributed by atoms with Gasteiger partial charge in [-0.1, -0.05) is 29.8 Å². The topological polar surface area (TPSA) is 26.3 Å². The smallest absolute Gasteiger partial charge is 0.340 e. The molecule has 0 saturated carbocycles. The van der Waals surface area contributed by atoms with Crippen LogP contribution in [0.3, 0.4) is 0 Å². The lowest BCUT2D eigenvalue weighted by molar-refractivity contribution is 0.0513. The Bertz CT molecular complexity index is 309. The largest absolute Gasteiger partial charge is 0.438 e. The third kappa shape index (κ3) is 0.906. The van der Waals surface area contributed by atoms with Gasteiger partial charge in [-0.05, 0) is 6.07 Å². The summed E-state index contributed by atoms with van der Waals surface area (Å²) in [6.07, 6.45) is 0. The van der Waals surface area contributed by atoms with E-state index in [0.717, 1.165) is 5.56 Å². The first-order valence-electron chi connectivity index (χ1n) is 3.23. The highest BCUT2D eigenvalue weighted by molar-refractivity contribution is 6.22. The molecular weight excluding hydrogens is 164 g/mol. The molecule has 0 N–H and O–H groups in total. The zero-order chi connectivity index (χ0) is 7.84. The van der Waals surface area contributed by atoms with Gasteiger partial charge < -0.3 is 4.74 Å². The number of cyclic esters (lactones) is 1. The normalized spacial score (nSPS) is 21.2. The Morgan fingerprint density at radius 3 is 2.82 bits per heavy atom. The van der Waals surface area contributed by atoms with Crippen LogP contribution in [0.2, 0.25) is 0 Å². The van der Waals surface area contributed by atoms with Crippen molar-refractivity contribution in [2.24, 2.45) is 0 Å². The summed E-state index contributed by atoms with van der Waals surface area (Å²) in [5, 5.41) is 0. The molecule has 0 aromatic heterocycles. The van der Waals surface area contributed by atoms with Gasteiger partial charge in [0.2, 0.25) is 5.56 Å². The number of carbonyl (C=O) groups is 1. The number of rotatable bonds is 0. The molecule has 1 aliphatic heterocycles. The molecule has 2 nitrogen and oxygen atoms in total. The molecular formula is C8H5ClO2. The molecule has 0 saturated heterocycles. The second-order valence-electron chi connectivity index (χ2n) is 2.31. The van der Waals surface area contributed by atoms with Crippen LogP contribution in [-0.2, 0) is 4.74 Å². The molecule has 0 bridgehead atoms. The van der Waals surface area contributed by atoms with E-state index in [1.165, 1.54) is 0 Å². The molecule has 2 rings (SSSR count). The molecule has 0 aliphatic carbocycles. The average molecular weight is 169 g/mol. The highest BCUT2D eigenvalue weighted by atomic mass is 35.5. The Morgan fingerprint density at radius 2 is 2.09 bits per heavy atom. The predicted octanol–water partition coefficient (Wildman–Crippen LogP) is 2.09. The number of halogens is 1. The maximum atomic E-state index is 11.0. The number of esters is 1. The summed E-state index contributed by atoms with van der Waals surface area (Å²) >= 11 is 5.69. The molecule has 11 heavy (non-hydrogen) atoms. The van der Waals surface area contributed by atoms with Crippen LogP contribution in [0.1, 0.15) is 21.5 Å². The van der Waals surface area contributed by atoms with Gasteiger partial charge in [0.1, 0.15) is 0 Å². The molecule has 56 valence electrons. The average Bonchev–Trinajstić information content (AvgIpc) is 2.30. The molecule has 0 radical (unpaired) electrons. The molecule has 0 unspecified atom stereocenters. The summed E-state index contributed by atoms with van der Waals surface area (Å²) in [4.78, 5) is 11.0. The Balaban J connectivity index is 2.60. The third-order valence-corrected chi connectivity index (χ3v) is 1.96. The summed E-state index contributed by atoms with van der Waals surface area (Å²) in [5.74, 6) is -0.333. The van der Waals surface area contributed by atoms with Gasteiger partial charge in [-0.2, -0.15) is 0 Å². The van der Waals surface area contributed by atoms with E-state index in [-0.39, 0.29) is 5.97 Å². The first kappa shape index (κ1) is 6.68. The van der Waals surface area contributed by atoms with Crippen molar-refractivity contribution in [3.05, 3.63) is 35.4 Å². The van der Waals surface area contributed by atoms with Gasteiger partial charge in [0.05, 0.1) is 5.56 Å². The van der Waals surface area contributed by atoms with Gasteiger partial charge >= 0.3 is 5.97 Å². The Labute approximate surface area is 68.7 Å². The molecule has 0 amide bonds. The van der Waals surface area contributed by atoms with Crippen LogP contribution in [0.25, 0.3) is 0 Å². The van der Waals surface area contributed by atoms with E-state index in [0.29, 0.717) is 5.56 Å². The van der Waals surface area contributed by atoms with Crippen LogP contribution in [0.5, 0.6) is 0 Å². The fourth-order valence-electron chi connectivity index (χ4n) is 1.10. The first-order chi connectivity index (χ1) is 5.29. The molecule has 3 heteroatoms. The Morgan fingerprint density at radius 1 is 1.36 bits per heavy atom. The fraction of sp³-hybridized carbons (Fsp3) is 0.125. The first-order valence-corrected chi connectivity index (χ1v) is 3.66. The minimum Gasteiger partial charge on any atom is -0.438 e. The number of alkyl halides is 1. The molecule has 1 aromatic carbocycles. The van der Waals surface area contributed by atoms with E-state index >= 15 is 0 Å². The quantitative estimate of drug-likeness (QED) is 0.438. The highest BCUT2D eigenvalue weighted by Crippen LogP contribution is 2.32. The van der Waals surface area contributed by atoms with E-state index in [2.05, 4.69) is 0 Å². The predicted molar refractivity (Wildman–Crippen MR) is 40.5 cm³/mol. The lowest BCUT2D eigenvalue weighted by Crippen LogP contribution is -1.92. The van der Waals surface area contributed by atoms with Crippen LogP contribution in [0, 0.1) is 0 Å². The van der Waals surface area contributed by atoms with E-state index in [4.69, 9.17) is 16.3 Å². The number of benzene rings is 1. The standard InChI is InChI=1S/C8H5ClO2/c9-7-5-3-1-2-4-6(5)8(10)11-7/h1-4,7H/t7-/m1/s1. The van der Waals surface area contributed by atoms with Crippen molar-refractivity contribution in [2.75, 3.05) is 0 Å². The minimum absolute atomic E-state index is 0.333. The molecule has 1 aliphatic rings. The van der Waals surface area contributed by atoms with Crippen molar-refractivity contribution < 1.29 is 9.53 Å². The lowest BCUT2D eigenvalue weighted by atomic mass is 10.1. The SMILES string of the molecule is O=C1O[C@@H](Cl)c2ccccc21. The minimum atomic E-state index is -0.598. The Hall–Kier alpha value is -1.02. The van der Waals surface area contributed by atoms with E-state index < -0.39 is 5.56 Å². The van der Waals surface area contributed by atoms with Crippen LogP contribution in [0.15, 0.2) is 24.3 Å². The van der Waals surface area contributed by atoms with Crippen molar-refractivity contribution in [1.82, 2.24) is 0 Å². The van der Waals surface area contributed by atoms with Crippen molar-refractivity contribution in [1.29, 1.82) is 0 Å². The second-order valence-corrected chi connectivity index (χ2v) is 2.70. The van der Waals surface area contributed by atoms with E-state index in [1.54, 1.807) is 18.2 Å². The van der Waals surface area contributed by atoms with Crippen LogP contribution >= 0.6 is 11.6 Å². The molecule has 1 atom stereocenters. The number of ether oxygens (including phenoxy) is 1. The highest BCUT2D eigenvalue weighted by Gasteiger charge is 2.28. The number of hydrogen-bond acceptors (Lipinski definition) is 2. The summed E-state index contributed by atoms with van der Waals surface area (Å²) in [6.45, 7) is 0. The maximum Gasteiger partial charge on any atom is 0.340 e. The second kappa shape index (κ2) is 2.24. The lowest BCUT2D eigenvalue weighted by Gasteiger charge is -1.97. The van der Waals surface area contributed by atoms with Crippen LogP contribution < -0.4 is 0 Å². The summed E-state index contributed by atoms with van der Waals surface area (Å²) in [7, 11) is 0. The number of carbonyl (C=O) groups excluding carboxylic acids is 1. The van der Waals surface area contributed by atoms with Crippen molar-refractivity contribution >= 4 is 17.6 Å². The zero-order valence-electron chi connectivity index (χ0n) is 5.58. The van der Waals surface area contributed by atoms with Crippen molar-refractivity contribution in [3.63, 3.8) is 0 Å². The van der Waals surface area contributed by atoms with Crippen molar-refractivity contribution in [3.8, 4) is 0 Å². The molecule has 1 heterocycles. The Kier molecular flexibility index (Phi) is 1.36. The van der Waals surface area contributed by atoms with Gasteiger partial charge in [0.25, 0.3) is 0 Å². The third-order valence-electron chi connectivity index (χ3n) is 1.64. The molecule has 0 spiro atoms.